The van der Waals surface area contributed by atoms with Crippen molar-refractivity contribution in [1.29, 1.82) is 0 Å². The Kier molecular flexibility index (Phi) is 7.69. The highest BCUT2D eigenvalue weighted by Gasteiger charge is 2.48. The van der Waals surface area contributed by atoms with Crippen molar-refractivity contribution in [2.75, 3.05) is 4.90 Å². The molecule has 2 aliphatic heterocycles. The number of thiophene rings is 1. The highest BCUT2D eigenvalue weighted by molar-refractivity contribution is 7.27. The van der Waals surface area contributed by atoms with Gasteiger partial charge in [-0.1, -0.05) is 182 Å². The smallest absolute Gasteiger partial charge is 0.333 e. The number of para-hydroxylation sites is 1. The highest BCUT2D eigenvalue weighted by atomic mass is 32.1. The summed E-state index contributed by atoms with van der Waals surface area (Å²) >= 11 is 1.94. The van der Waals surface area contributed by atoms with E-state index < -0.39 is 0 Å². The molecule has 0 bridgehead atoms. The van der Waals surface area contributed by atoms with E-state index in [1.165, 1.54) is 120 Å². The van der Waals surface area contributed by atoms with Gasteiger partial charge in [0.1, 0.15) is 0 Å². The van der Waals surface area contributed by atoms with Crippen molar-refractivity contribution in [2.45, 2.75) is 64.7 Å². The Morgan fingerprint density at radius 2 is 1.11 bits per heavy atom. The molecule has 0 atom stereocenters. The Bertz CT molecular complexity index is 3600. The van der Waals surface area contributed by atoms with Gasteiger partial charge in [-0.2, -0.15) is 0 Å². The maximum absolute atomic E-state index is 2.77. The molecular formula is C60H49BN2S. The van der Waals surface area contributed by atoms with E-state index in [0.717, 1.165) is 0 Å². The number of nitrogens with zero attached hydrogens (tertiary/aromatic N) is 2. The summed E-state index contributed by atoms with van der Waals surface area (Å²) in [5, 5.41) is 2.67. The molecule has 0 saturated heterocycles. The average Bonchev–Trinajstić information content (AvgIpc) is 3.85. The van der Waals surface area contributed by atoms with Crippen LogP contribution in [-0.2, 0) is 16.2 Å². The van der Waals surface area contributed by atoms with Crippen LogP contribution >= 0.6 is 11.3 Å². The third-order valence-corrected chi connectivity index (χ3v) is 16.4. The molecule has 0 unspecified atom stereocenters. The number of fused-ring (bicyclic) bond motifs is 11. The number of rotatable bonds is 3. The quantitative estimate of drug-likeness (QED) is 0.161. The fourth-order valence-electron chi connectivity index (χ4n) is 11.9. The van der Waals surface area contributed by atoms with Gasteiger partial charge in [0.25, 0.3) is 0 Å². The van der Waals surface area contributed by atoms with Gasteiger partial charge in [0.2, 0.25) is 0 Å². The second kappa shape index (κ2) is 13.0. The highest BCUT2D eigenvalue weighted by Crippen LogP contribution is 2.55. The second-order valence-corrected chi connectivity index (χ2v) is 21.6. The molecule has 1 aliphatic carbocycles. The fraction of sp³-hybridized carbons (Fsp3) is 0.167. The van der Waals surface area contributed by atoms with Crippen molar-refractivity contribution in [2.24, 2.45) is 0 Å². The van der Waals surface area contributed by atoms with Gasteiger partial charge in [0, 0.05) is 54.3 Å². The molecule has 3 aliphatic rings. The molecule has 0 fully saturated rings. The van der Waals surface area contributed by atoms with Crippen LogP contribution in [0.25, 0.3) is 64.6 Å². The molecule has 0 N–H and O–H groups in total. The molecule has 0 amide bonds. The molecule has 64 heavy (non-hydrogen) atoms. The standard InChI is InChI=1S/C60H49BN2S/c1-58(2,3)39-29-30-50(43(33-39)37-21-12-9-13-22-37)62-51-35-48-47(59(4,5)45-26-15-16-27-46(45)60(48,6)7)34-49(51)61-54-44(31-38(32-52(54)62)36-19-10-8-11-20-36)40-24-18-25-42-55(40)63(61)56-41-23-14-17-28-53(41)64-57(42)56/h8-35H,1-7H3. The van der Waals surface area contributed by atoms with Crippen LogP contribution < -0.4 is 15.8 Å². The molecule has 0 spiro atoms. The summed E-state index contributed by atoms with van der Waals surface area (Å²) in [6.45, 7) is 16.7. The molecule has 0 saturated carbocycles. The first-order valence-electron chi connectivity index (χ1n) is 22.9. The van der Waals surface area contributed by atoms with Crippen LogP contribution in [0.15, 0.2) is 170 Å². The molecule has 4 heterocycles. The Labute approximate surface area is 380 Å². The van der Waals surface area contributed by atoms with Gasteiger partial charge >= 0.3 is 6.85 Å². The van der Waals surface area contributed by atoms with Crippen molar-refractivity contribution >= 4 is 77.4 Å². The Hall–Kier alpha value is -6.62. The van der Waals surface area contributed by atoms with E-state index in [1.807, 2.05) is 11.3 Å². The maximum atomic E-state index is 2.77. The van der Waals surface area contributed by atoms with E-state index in [9.17, 15) is 0 Å². The summed E-state index contributed by atoms with van der Waals surface area (Å²) in [5.41, 5.74) is 23.1. The van der Waals surface area contributed by atoms with Crippen LogP contribution in [0.2, 0.25) is 0 Å². The predicted molar refractivity (Wildman–Crippen MR) is 276 cm³/mol. The van der Waals surface area contributed by atoms with E-state index in [2.05, 4.69) is 228 Å². The van der Waals surface area contributed by atoms with Crippen LogP contribution in [0.1, 0.15) is 76.3 Å². The predicted octanol–water partition coefficient (Wildman–Crippen LogP) is 15.0. The lowest BCUT2D eigenvalue weighted by Gasteiger charge is -2.47. The molecule has 10 aromatic rings. The van der Waals surface area contributed by atoms with Crippen molar-refractivity contribution in [3.8, 4) is 33.4 Å². The lowest BCUT2D eigenvalue weighted by molar-refractivity contribution is 0.521. The minimum absolute atomic E-state index is 0.0282. The number of anilines is 3. The number of hydrogen-bond donors (Lipinski definition) is 0. The largest absolute Gasteiger partial charge is 0.374 e. The van der Waals surface area contributed by atoms with Crippen molar-refractivity contribution < 1.29 is 0 Å². The molecule has 2 nitrogen and oxygen atoms in total. The van der Waals surface area contributed by atoms with Gasteiger partial charge in [-0.25, -0.2) is 0 Å². The first-order valence-corrected chi connectivity index (χ1v) is 23.7. The van der Waals surface area contributed by atoms with E-state index in [1.54, 1.807) is 0 Å². The van der Waals surface area contributed by atoms with Crippen LogP contribution in [0, 0.1) is 0 Å². The van der Waals surface area contributed by atoms with E-state index in [0.29, 0.717) is 0 Å². The summed E-state index contributed by atoms with van der Waals surface area (Å²) in [4.78, 5) is 2.67. The van der Waals surface area contributed by atoms with Crippen LogP contribution in [0.3, 0.4) is 0 Å². The van der Waals surface area contributed by atoms with Crippen molar-refractivity contribution in [3.63, 3.8) is 0 Å². The zero-order valence-electron chi connectivity index (χ0n) is 37.5. The Balaban J connectivity index is 1.23. The van der Waals surface area contributed by atoms with E-state index in [-0.39, 0.29) is 23.1 Å². The zero-order chi connectivity index (χ0) is 43.4. The molecule has 4 heteroatoms. The summed E-state index contributed by atoms with van der Waals surface area (Å²) in [5.74, 6) is 0. The minimum Gasteiger partial charge on any atom is -0.374 e. The SMILES string of the molecule is CC(C)(C)c1ccc(N2c3cc4c(cc3B3c5c(cc(-c6ccccc6)cc52)-c2cccc5c6sc7ccccc7c6n3c25)C(C)(C)c2ccccc2C4(C)C)c(-c2ccccc2)c1. The van der Waals surface area contributed by atoms with Crippen LogP contribution in [0.5, 0.6) is 0 Å². The summed E-state index contributed by atoms with van der Waals surface area (Å²) in [7, 11) is 0. The molecule has 308 valence electrons. The first kappa shape index (κ1) is 37.9. The lowest BCUT2D eigenvalue weighted by Crippen LogP contribution is -2.57. The van der Waals surface area contributed by atoms with E-state index in [4.69, 9.17) is 0 Å². The van der Waals surface area contributed by atoms with Crippen molar-refractivity contribution in [1.82, 2.24) is 4.48 Å². The van der Waals surface area contributed by atoms with Gasteiger partial charge in [-0.15, -0.1) is 11.3 Å². The molecule has 13 rings (SSSR count). The minimum atomic E-state index is -0.228. The monoisotopic (exact) mass is 840 g/mol. The van der Waals surface area contributed by atoms with Gasteiger partial charge in [0.05, 0.1) is 15.9 Å². The summed E-state index contributed by atoms with van der Waals surface area (Å²) in [6, 6.07) is 65.0. The molecule has 8 aromatic carbocycles. The summed E-state index contributed by atoms with van der Waals surface area (Å²) in [6.07, 6.45) is 0. The second-order valence-electron chi connectivity index (χ2n) is 20.5. The Morgan fingerprint density at radius 3 is 1.83 bits per heavy atom. The van der Waals surface area contributed by atoms with Gasteiger partial charge in [0.15, 0.2) is 0 Å². The summed E-state index contributed by atoms with van der Waals surface area (Å²) < 4.78 is 5.48. The third-order valence-electron chi connectivity index (χ3n) is 15.2. The normalized spacial score (nSPS) is 15.3. The first-order chi connectivity index (χ1) is 30.9. The zero-order valence-corrected chi connectivity index (χ0v) is 38.4. The fourth-order valence-corrected chi connectivity index (χ4v) is 13.2. The van der Waals surface area contributed by atoms with Crippen LogP contribution in [0.4, 0.5) is 17.1 Å². The average molecular weight is 841 g/mol. The maximum Gasteiger partial charge on any atom is 0.333 e. The van der Waals surface area contributed by atoms with Gasteiger partial charge < -0.3 is 9.38 Å². The topological polar surface area (TPSA) is 8.17 Å². The lowest BCUT2D eigenvalue weighted by atomic mass is 9.44. The number of aromatic nitrogens is 1. The number of benzene rings is 8. The third kappa shape index (κ3) is 5.03. The van der Waals surface area contributed by atoms with Crippen molar-refractivity contribution in [3.05, 3.63) is 198 Å². The number of hydrogen-bond acceptors (Lipinski definition) is 2. The van der Waals surface area contributed by atoms with E-state index >= 15 is 0 Å². The molecule has 2 aromatic heterocycles. The van der Waals surface area contributed by atoms with Crippen LogP contribution in [-0.4, -0.2) is 11.3 Å². The Morgan fingerprint density at radius 1 is 0.469 bits per heavy atom. The van der Waals surface area contributed by atoms with Gasteiger partial charge in [-0.05, 0) is 103 Å². The molecule has 0 radical (unpaired) electrons. The molecular weight excluding hydrogens is 792 g/mol. The van der Waals surface area contributed by atoms with Gasteiger partial charge in [-0.3, -0.25) is 0 Å².